The number of benzene rings is 7. The van der Waals surface area contributed by atoms with Crippen molar-refractivity contribution in [3.8, 4) is 0 Å². The lowest BCUT2D eigenvalue weighted by molar-refractivity contribution is -0.432. The number of para-hydroxylation sites is 1. The molecule has 6 N–H and O–H groups in total. The molecule has 0 atom stereocenters. The van der Waals surface area contributed by atoms with Gasteiger partial charge in [-0.05, 0) is 171 Å². The van der Waals surface area contributed by atoms with Crippen LogP contribution >= 0.6 is 12.0 Å². The van der Waals surface area contributed by atoms with Gasteiger partial charge in [-0.1, -0.05) is 23.2 Å². The van der Waals surface area contributed by atoms with Gasteiger partial charge in [0.15, 0.2) is 0 Å². The lowest BCUT2D eigenvalue weighted by atomic mass is 10.2. The molecule has 0 aliphatic carbocycles. The zero-order valence-corrected chi connectivity index (χ0v) is 41.3. The Kier molecular flexibility index (Phi) is 16.3. The second-order valence-electron chi connectivity index (χ2n) is 15.6. The highest BCUT2D eigenvalue weighted by Gasteiger charge is 2.18. The Hall–Kier alpha value is -8.60. The van der Waals surface area contributed by atoms with Gasteiger partial charge in [0.2, 0.25) is 17.8 Å². The maximum absolute atomic E-state index is 12.4. The van der Waals surface area contributed by atoms with E-state index in [0.29, 0.717) is 56.0 Å². The van der Waals surface area contributed by atoms with E-state index in [4.69, 9.17) is 5.26 Å². The van der Waals surface area contributed by atoms with E-state index in [1.807, 2.05) is 56.3 Å². The van der Waals surface area contributed by atoms with E-state index in [0.717, 1.165) is 34.9 Å². The van der Waals surface area contributed by atoms with Crippen LogP contribution in [0.2, 0.25) is 0 Å². The van der Waals surface area contributed by atoms with Crippen LogP contribution in [0, 0.1) is 20.8 Å². The monoisotopic (exact) mass is 1050 g/mol. The molecule has 26 heteroatoms. The Morgan fingerprint density at radius 3 is 1.34 bits per heavy atom. The normalized spacial score (nSPS) is 12.1. The second kappa shape index (κ2) is 23.3. The van der Waals surface area contributed by atoms with Gasteiger partial charge in [-0.25, -0.2) is 5.26 Å². The Balaban J connectivity index is 0.952. The van der Waals surface area contributed by atoms with Crippen molar-refractivity contribution in [1.29, 1.82) is 0 Å². The molecule has 8 aromatic rings. The van der Waals surface area contributed by atoms with Gasteiger partial charge in [0.25, 0.3) is 20.2 Å². The average molecular weight is 1050 g/mol. The van der Waals surface area contributed by atoms with Crippen molar-refractivity contribution in [2.24, 2.45) is 40.9 Å². The predicted octanol–water partition coefficient (Wildman–Crippen LogP) is 14.6. The van der Waals surface area contributed by atoms with Crippen molar-refractivity contribution in [3.63, 3.8) is 0 Å². The van der Waals surface area contributed by atoms with Crippen molar-refractivity contribution in [1.82, 2.24) is 15.0 Å². The molecule has 7 aromatic carbocycles. The molecular formula is C48H40N14O9S3. The first-order chi connectivity index (χ1) is 35.5. The Bertz CT molecular complexity index is 3680. The number of azo groups is 4. The van der Waals surface area contributed by atoms with Crippen LogP contribution in [0.5, 0.6) is 0 Å². The van der Waals surface area contributed by atoms with Gasteiger partial charge < -0.3 is 16.0 Å². The lowest BCUT2D eigenvalue weighted by Gasteiger charge is -2.13. The topological polar surface area (TPSA) is 321 Å². The molecule has 0 radical (unpaired) electrons. The summed E-state index contributed by atoms with van der Waals surface area (Å²) < 4.78 is 71.1. The van der Waals surface area contributed by atoms with Crippen LogP contribution in [0.3, 0.4) is 0 Å². The number of aromatic nitrogens is 3. The highest BCUT2D eigenvalue weighted by atomic mass is 32.2. The molecule has 0 aliphatic rings. The van der Waals surface area contributed by atoms with Crippen LogP contribution in [0.4, 0.5) is 80.4 Å². The predicted molar refractivity (Wildman–Crippen MR) is 276 cm³/mol. The minimum absolute atomic E-state index is 0.123. The molecule has 0 spiro atoms. The summed E-state index contributed by atoms with van der Waals surface area (Å²) in [6.07, 6.45) is 0. The van der Waals surface area contributed by atoms with Crippen molar-refractivity contribution in [2.75, 3.05) is 16.0 Å². The summed E-state index contributed by atoms with van der Waals surface area (Å²) in [6, 6.07) is 41.1. The summed E-state index contributed by atoms with van der Waals surface area (Å²) in [5.74, 6) is 0.661. The van der Waals surface area contributed by atoms with Crippen molar-refractivity contribution < 1.29 is 40.6 Å². The summed E-state index contributed by atoms with van der Waals surface area (Å²) in [5.41, 5.74) is 7.24. The maximum atomic E-state index is 12.4. The first-order valence-electron chi connectivity index (χ1n) is 21.6. The SMILES string of the molecule is Cc1cc(N=Nc2ccc(S(=O)(=O)O)cc2)ccc1N=Nc1ccc(Nc2nc(Nc3ccccc3)nc(Nc3ccc(N=Nc4ccc(N=Nc5ccc(SOOO)cc5)cc4S(=O)(=O)O)c(C)c3)n2)cc1C. The molecule has 8 rings (SSSR count). The smallest absolute Gasteiger partial charge is 0.296 e. The molecule has 374 valence electrons. The Morgan fingerprint density at radius 2 is 0.865 bits per heavy atom. The summed E-state index contributed by atoms with van der Waals surface area (Å²) in [6.45, 7) is 5.54. The standard InChI is InChI=1S/C48H40N14O9S3/c1-29-25-35(13-21-41(29)59-60-43-23-15-37(27-31(43)3)57-56-34-11-19-40(20-12-34)73(64,65)66)50-47-52-46(49-32-7-5-4-6-8-32)53-48(54-47)51-36-14-22-42(30(2)26-36)61-62-44-24-16-38(28-45(44)74(67,68)69)58-55-33-9-17-39(18-10-33)72-71-70-63/h4-28,63H,1-3H3,(H,64,65,66)(H,67,68,69)(H3,49,50,51,52,53,54). The van der Waals surface area contributed by atoms with Gasteiger partial charge in [0.1, 0.15) is 10.6 Å². The number of hydrogen-bond acceptors (Lipinski definition) is 22. The van der Waals surface area contributed by atoms with Crippen LogP contribution in [-0.2, 0) is 29.6 Å². The van der Waals surface area contributed by atoms with Crippen LogP contribution in [0.25, 0.3) is 0 Å². The molecule has 1 aromatic heterocycles. The molecule has 0 fully saturated rings. The Labute approximate surface area is 426 Å². The van der Waals surface area contributed by atoms with Gasteiger partial charge in [-0.3, -0.25) is 9.11 Å². The van der Waals surface area contributed by atoms with E-state index in [9.17, 15) is 25.9 Å². The van der Waals surface area contributed by atoms with Crippen molar-refractivity contribution in [3.05, 3.63) is 168 Å². The summed E-state index contributed by atoms with van der Waals surface area (Å²) >= 11 is 0.769. The molecule has 0 bridgehead atoms. The van der Waals surface area contributed by atoms with Gasteiger partial charge in [0.05, 0.1) is 56.7 Å². The third kappa shape index (κ3) is 14.3. The number of hydrogen-bond donors (Lipinski definition) is 6. The maximum Gasteiger partial charge on any atom is 0.296 e. The zero-order chi connectivity index (χ0) is 52.2. The fourth-order valence-electron chi connectivity index (χ4n) is 6.57. The minimum atomic E-state index is -4.76. The van der Waals surface area contributed by atoms with Crippen LogP contribution in [0.1, 0.15) is 16.7 Å². The number of nitrogens with one attached hydrogen (secondary N) is 3. The summed E-state index contributed by atoms with van der Waals surface area (Å²) in [7, 11) is -9.07. The van der Waals surface area contributed by atoms with Crippen LogP contribution < -0.4 is 16.0 Å². The van der Waals surface area contributed by atoms with Gasteiger partial charge in [0, 0.05) is 22.0 Å². The van der Waals surface area contributed by atoms with E-state index < -0.39 is 25.1 Å². The average Bonchev–Trinajstić information content (AvgIpc) is 3.37. The molecule has 23 nitrogen and oxygen atoms in total. The first-order valence-corrected chi connectivity index (χ1v) is 25.2. The highest BCUT2D eigenvalue weighted by Crippen LogP contribution is 2.34. The highest BCUT2D eigenvalue weighted by molar-refractivity contribution is 7.94. The Morgan fingerprint density at radius 1 is 0.446 bits per heavy atom. The van der Waals surface area contributed by atoms with Gasteiger partial charge in [-0.2, -0.15) is 67.6 Å². The second-order valence-corrected chi connectivity index (χ2v) is 19.2. The third-order valence-corrected chi connectivity index (χ3v) is 12.5. The molecule has 0 amide bonds. The van der Waals surface area contributed by atoms with Crippen molar-refractivity contribution >= 4 is 113 Å². The van der Waals surface area contributed by atoms with Crippen molar-refractivity contribution in [2.45, 2.75) is 35.5 Å². The largest absolute Gasteiger partial charge is 0.324 e. The zero-order valence-electron chi connectivity index (χ0n) is 38.9. The molecule has 0 saturated heterocycles. The lowest BCUT2D eigenvalue weighted by Crippen LogP contribution is -2.07. The molecule has 0 aliphatic heterocycles. The fourth-order valence-corrected chi connectivity index (χ4v) is 8.04. The minimum Gasteiger partial charge on any atom is -0.324 e. The van der Waals surface area contributed by atoms with Gasteiger partial charge in [-0.15, -0.1) is 9.45 Å². The first kappa shape index (κ1) is 51.7. The molecular weight excluding hydrogens is 1010 g/mol. The van der Waals surface area contributed by atoms with E-state index in [1.165, 1.54) is 36.4 Å². The molecule has 0 unspecified atom stereocenters. The summed E-state index contributed by atoms with van der Waals surface area (Å²) in [4.78, 5) is 13.7. The number of nitrogens with zero attached hydrogens (tertiary/aromatic N) is 11. The molecule has 1 heterocycles. The van der Waals surface area contributed by atoms with E-state index in [2.05, 4.69) is 81.2 Å². The number of rotatable bonds is 19. The third-order valence-electron chi connectivity index (χ3n) is 10.2. The van der Waals surface area contributed by atoms with E-state index in [1.54, 1.807) is 73.7 Å². The van der Waals surface area contributed by atoms with Crippen LogP contribution in [0.15, 0.2) is 207 Å². The summed E-state index contributed by atoms with van der Waals surface area (Å²) in [5, 5.41) is 55.5. The molecule has 74 heavy (non-hydrogen) atoms. The van der Waals surface area contributed by atoms with Crippen LogP contribution in [-0.4, -0.2) is 46.2 Å². The molecule has 0 saturated carbocycles. The van der Waals surface area contributed by atoms with Gasteiger partial charge >= 0.3 is 0 Å². The quantitative estimate of drug-likeness (QED) is 0.0144. The fraction of sp³-hybridized carbons (Fsp3) is 0.0625. The number of aryl methyl sites for hydroxylation is 3. The van der Waals surface area contributed by atoms with E-state index in [-0.39, 0.29) is 34.1 Å². The van der Waals surface area contributed by atoms with E-state index >= 15 is 0 Å². The number of anilines is 6.